The van der Waals surface area contributed by atoms with Gasteiger partial charge in [0.15, 0.2) is 5.82 Å². The molecule has 0 saturated carbocycles. The van der Waals surface area contributed by atoms with E-state index >= 15 is 0 Å². The summed E-state index contributed by atoms with van der Waals surface area (Å²) in [5.74, 6) is 2.48. The number of hydrogen-bond acceptors (Lipinski definition) is 6. The van der Waals surface area contributed by atoms with Gasteiger partial charge in [-0.05, 0) is 43.0 Å². The van der Waals surface area contributed by atoms with E-state index in [0.29, 0.717) is 12.4 Å². The maximum atomic E-state index is 4.54. The van der Waals surface area contributed by atoms with Crippen molar-refractivity contribution in [3.8, 4) is 5.82 Å². The lowest BCUT2D eigenvalue weighted by atomic mass is 10.1. The van der Waals surface area contributed by atoms with E-state index in [1.165, 1.54) is 24.8 Å². The lowest BCUT2D eigenvalue weighted by Gasteiger charge is -2.27. The highest BCUT2D eigenvalue weighted by atomic mass is 15.3. The van der Waals surface area contributed by atoms with Gasteiger partial charge in [-0.3, -0.25) is 4.98 Å². The number of anilines is 2. The van der Waals surface area contributed by atoms with E-state index in [-0.39, 0.29) is 0 Å². The highest BCUT2D eigenvalue weighted by Gasteiger charge is 2.12. The zero-order valence-corrected chi connectivity index (χ0v) is 14.0. The summed E-state index contributed by atoms with van der Waals surface area (Å²) < 4.78 is 1.69. The first kappa shape index (κ1) is 15.6. The smallest absolute Gasteiger partial charge is 0.173 e. The maximum absolute atomic E-state index is 4.54. The number of piperidine rings is 1. The molecule has 0 bridgehead atoms. The molecule has 25 heavy (non-hydrogen) atoms. The van der Waals surface area contributed by atoms with Gasteiger partial charge in [0.25, 0.3) is 0 Å². The van der Waals surface area contributed by atoms with Crippen LogP contribution >= 0.6 is 0 Å². The Bertz CT molecular complexity index is 810. The first-order valence-electron chi connectivity index (χ1n) is 8.64. The van der Waals surface area contributed by atoms with Crippen LogP contribution in [0.5, 0.6) is 0 Å². The Balaban J connectivity index is 1.44. The summed E-state index contributed by atoms with van der Waals surface area (Å²) in [6.07, 6.45) is 12.7. The third-order valence-electron chi connectivity index (χ3n) is 4.32. The first-order valence-corrected chi connectivity index (χ1v) is 8.64. The van der Waals surface area contributed by atoms with Crippen LogP contribution < -0.4 is 10.2 Å². The molecule has 1 N–H and O–H groups in total. The molecule has 4 heterocycles. The normalized spacial score (nSPS) is 14.5. The van der Waals surface area contributed by atoms with Crippen molar-refractivity contribution in [2.24, 2.45) is 0 Å². The van der Waals surface area contributed by atoms with Crippen LogP contribution in [-0.2, 0) is 6.54 Å². The molecular formula is C18H21N7. The van der Waals surface area contributed by atoms with Gasteiger partial charge in [0.2, 0.25) is 0 Å². The maximum Gasteiger partial charge on any atom is 0.173 e. The molecule has 3 aromatic rings. The van der Waals surface area contributed by atoms with Crippen molar-refractivity contribution >= 4 is 11.6 Å². The fourth-order valence-corrected chi connectivity index (χ4v) is 3.01. The van der Waals surface area contributed by atoms with Crippen molar-refractivity contribution in [1.29, 1.82) is 0 Å². The van der Waals surface area contributed by atoms with Crippen LogP contribution in [0.2, 0.25) is 0 Å². The SMILES string of the molecule is c1cnn(-c2cncc(NCc3ccnc(N4CCCCC4)c3)n2)c1. The summed E-state index contributed by atoms with van der Waals surface area (Å²) in [6.45, 7) is 2.88. The Morgan fingerprint density at radius 3 is 2.80 bits per heavy atom. The topological polar surface area (TPSA) is 71.8 Å². The standard InChI is InChI=1S/C18H21N7/c1-2-8-24(9-3-1)17-11-15(5-7-20-17)12-21-16-13-19-14-18(23-16)25-10-4-6-22-25/h4-7,10-11,13-14H,1-3,8-9,12H2,(H,21,23). The van der Waals surface area contributed by atoms with Crippen LogP contribution in [0.3, 0.4) is 0 Å². The van der Waals surface area contributed by atoms with Gasteiger partial charge in [-0.25, -0.2) is 14.6 Å². The molecular weight excluding hydrogens is 314 g/mol. The quantitative estimate of drug-likeness (QED) is 0.773. The number of rotatable bonds is 5. The molecule has 0 radical (unpaired) electrons. The molecule has 0 aliphatic carbocycles. The molecule has 7 nitrogen and oxygen atoms in total. The van der Waals surface area contributed by atoms with Crippen molar-refractivity contribution in [3.05, 3.63) is 54.7 Å². The van der Waals surface area contributed by atoms with E-state index in [9.17, 15) is 0 Å². The highest BCUT2D eigenvalue weighted by molar-refractivity contribution is 5.43. The molecule has 0 atom stereocenters. The monoisotopic (exact) mass is 335 g/mol. The minimum Gasteiger partial charge on any atom is -0.365 e. The molecule has 1 fully saturated rings. The summed E-state index contributed by atoms with van der Waals surface area (Å²) >= 11 is 0. The second kappa shape index (κ2) is 7.29. The summed E-state index contributed by atoms with van der Waals surface area (Å²) in [7, 11) is 0. The second-order valence-corrected chi connectivity index (χ2v) is 6.14. The molecule has 0 amide bonds. The molecule has 1 aliphatic heterocycles. The fraction of sp³-hybridized carbons (Fsp3) is 0.333. The van der Waals surface area contributed by atoms with Gasteiger partial charge in [-0.15, -0.1) is 0 Å². The van der Waals surface area contributed by atoms with Crippen LogP contribution in [0.4, 0.5) is 11.6 Å². The van der Waals surface area contributed by atoms with Gasteiger partial charge in [0.1, 0.15) is 11.6 Å². The predicted octanol–water partition coefficient (Wildman–Crippen LogP) is 2.66. The number of nitrogens with one attached hydrogen (secondary N) is 1. The lowest BCUT2D eigenvalue weighted by molar-refractivity contribution is 0.573. The predicted molar refractivity (Wildman–Crippen MR) is 96.8 cm³/mol. The Morgan fingerprint density at radius 1 is 1.04 bits per heavy atom. The summed E-state index contributed by atoms with van der Waals surface area (Å²) in [5.41, 5.74) is 1.18. The van der Waals surface area contributed by atoms with E-state index in [0.717, 1.165) is 24.7 Å². The minimum atomic E-state index is 0.681. The highest BCUT2D eigenvalue weighted by Crippen LogP contribution is 2.19. The van der Waals surface area contributed by atoms with Gasteiger partial charge >= 0.3 is 0 Å². The van der Waals surface area contributed by atoms with E-state index in [1.54, 1.807) is 23.3 Å². The molecule has 0 spiro atoms. The van der Waals surface area contributed by atoms with Gasteiger partial charge < -0.3 is 10.2 Å². The molecule has 0 aromatic carbocycles. The number of nitrogens with zero attached hydrogens (tertiary/aromatic N) is 6. The van der Waals surface area contributed by atoms with Crippen LogP contribution in [0.15, 0.2) is 49.2 Å². The van der Waals surface area contributed by atoms with Gasteiger partial charge in [0.05, 0.1) is 12.4 Å². The van der Waals surface area contributed by atoms with Crippen molar-refractivity contribution in [2.45, 2.75) is 25.8 Å². The molecule has 128 valence electrons. The van der Waals surface area contributed by atoms with E-state index in [2.05, 4.69) is 36.3 Å². The Kier molecular flexibility index (Phi) is 4.54. The Hall–Kier alpha value is -2.96. The van der Waals surface area contributed by atoms with Crippen LogP contribution in [-0.4, -0.2) is 37.8 Å². The van der Waals surface area contributed by atoms with Crippen LogP contribution in [0.25, 0.3) is 5.82 Å². The van der Waals surface area contributed by atoms with Crippen LogP contribution in [0, 0.1) is 0 Å². The van der Waals surface area contributed by atoms with Gasteiger partial charge in [-0.1, -0.05) is 0 Å². The Labute approximate surface area is 146 Å². The second-order valence-electron chi connectivity index (χ2n) is 6.14. The number of pyridine rings is 1. The molecule has 7 heteroatoms. The van der Waals surface area contributed by atoms with Crippen molar-refractivity contribution in [3.63, 3.8) is 0 Å². The largest absolute Gasteiger partial charge is 0.365 e. The minimum absolute atomic E-state index is 0.681. The lowest BCUT2D eigenvalue weighted by Crippen LogP contribution is -2.30. The third-order valence-corrected chi connectivity index (χ3v) is 4.32. The molecule has 1 aliphatic rings. The van der Waals surface area contributed by atoms with E-state index in [1.807, 2.05) is 24.5 Å². The van der Waals surface area contributed by atoms with Crippen LogP contribution in [0.1, 0.15) is 24.8 Å². The fourth-order valence-electron chi connectivity index (χ4n) is 3.01. The number of aromatic nitrogens is 5. The Morgan fingerprint density at radius 2 is 1.96 bits per heavy atom. The average Bonchev–Trinajstić information content (AvgIpc) is 3.23. The molecule has 4 rings (SSSR count). The van der Waals surface area contributed by atoms with Crippen molar-refractivity contribution < 1.29 is 0 Å². The zero-order chi connectivity index (χ0) is 16.9. The average molecular weight is 335 g/mol. The van der Waals surface area contributed by atoms with Crippen molar-refractivity contribution in [2.75, 3.05) is 23.3 Å². The summed E-state index contributed by atoms with van der Waals surface area (Å²) in [5, 5.41) is 7.51. The third kappa shape index (κ3) is 3.76. The number of hydrogen-bond donors (Lipinski definition) is 1. The van der Waals surface area contributed by atoms with E-state index < -0.39 is 0 Å². The van der Waals surface area contributed by atoms with Gasteiger partial charge in [0, 0.05) is 38.2 Å². The summed E-state index contributed by atoms with van der Waals surface area (Å²) in [4.78, 5) is 15.7. The first-order chi connectivity index (χ1) is 12.4. The molecule has 3 aromatic heterocycles. The van der Waals surface area contributed by atoms with Gasteiger partial charge in [-0.2, -0.15) is 5.10 Å². The van der Waals surface area contributed by atoms with E-state index in [4.69, 9.17) is 0 Å². The summed E-state index contributed by atoms with van der Waals surface area (Å²) in [6, 6.07) is 6.05. The van der Waals surface area contributed by atoms with Crippen molar-refractivity contribution in [1.82, 2.24) is 24.7 Å². The molecule has 0 unspecified atom stereocenters. The molecule has 1 saturated heterocycles. The zero-order valence-electron chi connectivity index (χ0n) is 14.0.